The lowest BCUT2D eigenvalue weighted by Gasteiger charge is -2.34. The topological polar surface area (TPSA) is 61.8 Å². The van der Waals surface area contributed by atoms with Crippen molar-refractivity contribution in [3.8, 4) is 5.75 Å². The summed E-state index contributed by atoms with van der Waals surface area (Å²) in [6.45, 7) is 8.83. The van der Waals surface area contributed by atoms with E-state index in [-0.39, 0.29) is 6.04 Å². The zero-order chi connectivity index (χ0) is 21.2. The monoisotopic (exact) mass is 429 g/mol. The Bertz CT molecular complexity index is 783. The Hall–Kier alpha value is -2.12. The van der Waals surface area contributed by atoms with E-state index < -0.39 is 0 Å². The summed E-state index contributed by atoms with van der Waals surface area (Å²) >= 11 is 1.70. The van der Waals surface area contributed by atoms with Gasteiger partial charge in [-0.25, -0.2) is 4.98 Å². The number of hydrogen-bond donors (Lipinski definition) is 2. The van der Waals surface area contributed by atoms with Crippen molar-refractivity contribution >= 4 is 17.3 Å². The molecule has 0 amide bonds. The van der Waals surface area contributed by atoms with Crippen molar-refractivity contribution in [2.75, 3.05) is 39.8 Å². The van der Waals surface area contributed by atoms with E-state index in [9.17, 15) is 0 Å². The summed E-state index contributed by atoms with van der Waals surface area (Å²) in [6, 6.07) is 8.75. The summed E-state index contributed by atoms with van der Waals surface area (Å²) in [6.07, 6.45) is 4.77. The molecule has 6 nitrogen and oxygen atoms in total. The number of nitrogens with one attached hydrogen (secondary N) is 2. The summed E-state index contributed by atoms with van der Waals surface area (Å²) in [5, 5.41) is 10.1. The number of aryl methyl sites for hydroxylation is 1. The third kappa shape index (κ3) is 6.71. The Morgan fingerprint density at radius 1 is 1.20 bits per heavy atom. The highest BCUT2D eigenvalue weighted by molar-refractivity contribution is 7.09. The van der Waals surface area contributed by atoms with Gasteiger partial charge in [-0.15, -0.1) is 11.3 Å². The maximum absolute atomic E-state index is 5.34. The lowest BCUT2D eigenvalue weighted by Crippen LogP contribution is -2.40. The average Bonchev–Trinajstić information content (AvgIpc) is 3.20. The quantitative estimate of drug-likeness (QED) is 0.469. The molecule has 1 unspecified atom stereocenters. The van der Waals surface area contributed by atoms with Crippen LogP contribution in [0.4, 0.5) is 0 Å². The number of likely N-dealkylation sites (tertiary alicyclic amines) is 1. The molecule has 1 aromatic heterocycles. The van der Waals surface area contributed by atoms with Gasteiger partial charge in [-0.3, -0.25) is 9.89 Å². The van der Waals surface area contributed by atoms with Crippen LogP contribution in [0.15, 0.2) is 34.6 Å². The molecule has 1 atom stereocenters. The number of guanidine groups is 1. The fourth-order valence-electron chi connectivity index (χ4n) is 3.84. The molecule has 1 fully saturated rings. The highest BCUT2D eigenvalue weighted by Gasteiger charge is 2.22. The van der Waals surface area contributed by atoms with Gasteiger partial charge in [-0.1, -0.05) is 18.6 Å². The van der Waals surface area contributed by atoms with Crippen LogP contribution < -0.4 is 15.4 Å². The van der Waals surface area contributed by atoms with E-state index in [4.69, 9.17) is 9.73 Å². The Morgan fingerprint density at radius 2 is 1.97 bits per heavy atom. The fraction of sp³-hybridized carbons (Fsp3) is 0.565. The second-order valence-electron chi connectivity index (χ2n) is 7.64. The Morgan fingerprint density at radius 3 is 2.60 bits per heavy atom. The van der Waals surface area contributed by atoms with Crippen LogP contribution in [-0.4, -0.2) is 55.7 Å². The van der Waals surface area contributed by atoms with Gasteiger partial charge < -0.3 is 15.4 Å². The minimum Gasteiger partial charge on any atom is -0.497 e. The van der Waals surface area contributed by atoms with E-state index >= 15 is 0 Å². The molecule has 3 rings (SSSR count). The van der Waals surface area contributed by atoms with Crippen LogP contribution in [0.1, 0.15) is 48.5 Å². The number of nitrogens with zero attached hydrogens (tertiary/aromatic N) is 3. The van der Waals surface area contributed by atoms with Crippen LogP contribution in [-0.2, 0) is 6.42 Å². The molecule has 0 bridgehead atoms. The van der Waals surface area contributed by atoms with Crippen LogP contribution in [0.2, 0.25) is 0 Å². The van der Waals surface area contributed by atoms with Crippen molar-refractivity contribution in [3.63, 3.8) is 0 Å². The van der Waals surface area contributed by atoms with Crippen molar-refractivity contribution in [2.45, 2.75) is 45.6 Å². The predicted molar refractivity (Wildman–Crippen MR) is 126 cm³/mol. The van der Waals surface area contributed by atoms with Gasteiger partial charge in [-0.2, -0.15) is 0 Å². The van der Waals surface area contributed by atoms with E-state index in [1.165, 1.54) is 24.8 Å². The maximum Gasteiger partial charge on any atom is 0.191 e. The summed E-state index contributed by atoms with van der Waals surface area (Å²) < 4.78 is 5.34. The molecule has 1 aromatic carbocycles. The molecule has 1 saturated heterocycles. The standard InChI is InChI=1S/C23H35N5OS/c1-4-24-23(25-13-12-20-17-30-18(2)27-20)26-16-22(28-14-6-5-7-15-28)19-8-10-21(29-3)11-9-19/h8-11,17,22H,4-7,12-16H2,1-3H3,(H2,24,25,26). The second kappa shape index (κ2) is 11.9. The number of piperidine rings is 1. The number of methoxy groups -OCH3 is 1. The molecule has 30 heavy (non-hydrogen) atoms. The summed E-state index contributed by atoms with van der Waals surface area (Å²) in [7, 11) is 1.71. The average molecular weight is 430 g/mol. The number of hydrogen-bond acceptors (Lipinski definition) is 5. The first-order valence-corrected chi connectivity index (χ1v) is 11.9. The van der Waals surface area contributed by atoms with Gasteiger partial charge in [0.2, 0.25) is 0 Å². The van der Waals surface area contributed by atoms with Crippen molar-refractivity contribution in [1.82, 2.24) is 20.5 Å². The van der Waals surface area contributed by atoms with Crippen LogP contribution in [0.3, 0.4) is 0 Å². The lowest BCUT2D eigenvalue weighted by molar-refractivity contribution is 0.167. The van der Waals surface area contributed by atoms with Crippen LogP contribution >= 0.6 is 11.3 Å². The normalized spacial score (nSPS) is 16.3. The summed E-state index contributed by atoms with van der Waals surface area (Å²) in [4.78, 5) is 12.1. The molecule has 2 N–H and O–H groups in total. The number of ether oxygens (including phenoxy) is 1. The van der Waals surface area contributed by atoms with Gasteiger partial charge in [0.25, 0.3) is 0 Å². The minimum absolute atomic E-state index is 0.285. The van der Waals surface area contributed by atoms with E-state index in [1.807, 2.05) is 6.92 Å². The molecule has 2 heterocycles. The first-order chi connectivity index (χ1) is 14.7. The first-order valence-electron chi connectivity index (χ1n) is 11.0. The van der Waals surface area contributed by atoms with Crippen molar-refractivity contribution in [2.24, 2.45) is 4.99 Å². The van der Waals surface area contributed by atoms with Gasteiger partial charge in [0.05, 0.1) is 30.4 Å². The van der Waals surface area contributed by atoms with Crippen molar-refractivity contribution < 1.29 is 4.74 Å². The van der Waals surface area contributed by atoms with E-state index in [0.717, 1.165) is 61.6 Å². The number of aliphatic imine (C=N–C) groups is 1. The van der Waals surface area contributed by atoms with Gasteiger partial charge in [0.15, 0.2) is 5.96 Å². The third-order valence-electron chi connectivity index (χ3n) is 5.44. The van der Waals surface area contributed by atoms with Crippen molar-refractivity contribution in [1.29, 1.82) is 0 Å². The molecule has 0 spiro atoms. The molecule has 2 aromatic rings. The van der Waals surface area contributed by atoms with Gasteiger partial charge >= 0.3 is 0 Å². The summed E-state index contributed by atoms with van der Waals surface area (Å²) in [5.74, 6) is 1.77. The molecule has 164 valence electrons. The third-order valence-corrected chi connectivity index (χ3v) is 6.26. The number of rotatable bonds is 9. The van der Waals surface area contributed by atoms with Crippen LogP contribution in [0.25, 0.3) is 0 Å². The number of thiazole rings is 1. The molecule has 0 saturated carbocycles. The SMILES string of the molecule is CCNC(=NCC(c1ccc(OC)cc1)N1CCCCC1)NCCc1csc(C)n1. The molecule has 0 radical (unpaired) electrons. The molecular formula is C23H35N5OS. The Kier molecular flexibility index (Phi) is 8.96. The Balaban J connectivity index is 1.66. The zero-order valence-corrected chi connectivity index (χ0v) is 19.3. The highest BCUT2D eigenvalue weighted by atomic mass is 32.1. The molecular weight excluding hydrogens is 394 g/mol. The first kappa shape index (κ1) is 22.6. The predicted octanol–water partition coefficient (Wildman–Crippen LogP) is 3.78. The molecule has 1 aliphatic rings. The highest BCUT2D eigenvalue weighted by Crippen LogP contribution is 2.26. The molecule has 1 aliphatic heterocycles. The fourth-order valence-corrected chi connectivity index (χ4v) is 4.49. The van der Waals surface area contributed by atoms with Gasteiger partial charge in [0.1, 0.15) is 5.75 Å². The van der Waals surface area contributed by atoms with Gasteiger partial charge in [-0.05, 0) is 57.5 Å². The molecule has 0 aliphatic carbocycles. The minimum atomic E-state index is 0.285. The van der Waals surface area contributed by atoms with E-state index in [1.54, 1.807) is 18.4 Å². The number of aromatic nitrogens is 1. The van der Waals surface area contributed by atoms with E-state index in [2.05, 4.69) is 57.1 Å². The van der Waals surface area contributed by atoms with Crippen molar-refractivity contribution in [3.05, 3.63) is 45.9 Å². The summed E-state index contributed by atoms with van der Waals surface area (Å²) in [5.41, 5.74) is 2.44. The van der Waals surface area contributed by atoms with Gasteiger partial charge in [0, 0.05) is 24.9 Å². The largest absolute Gasteiger partial charge is 0.497 e. The lowest BCUT2D eigenvalue weighted by atomic mass is 10.0. The van der Waals surface area contributed by atoms with Crippen LogP contribution in [0.5, 0.6) is 5.75 Å². The zero-order valence-electron chi connectivity index (χ0n) is 18.5. The number of benzene rings is 1. The second-order valence-corrected chi connectivity index (χ2v) is 8.70. The smallest absolute Gasteiger partial charge is 0.191 e. The maximum atomic E-state index is 5.34. The molecule has 7 heteroatoms. The van der Waals surface area contributed by atoms with Crippen LogP contribution in [0, 0.1) is 6.92 Å². The van der Waals surface area contributed by atoms with E-state index in [0.29, 0.717) is 0 Å². The Labute approximate surface area is 184 Å².